The van der Waals surface area contributed by atoms with Gasteiger partial charge in [-0.2, -0.15) is 0 Å². The summed E-state index contributed by atoms with van der Waals surface area (Å²) in [6, 6.07) is 14.2. The number of carbonyl (C=O) groups is 1. The minimum Gasteiger partial charge on any atom is -0.489 e. The maximum absolute atomic E-state index is 13.6. The third kappa shape index (κ3) is 6.50. The maximum Gasteiger partial charge on any atom is 0.243 e. The molecule has 0 saturated heterocycles. The summed E-state index contributed by atoms with van der Waals surface area (Å²) in [5.41, 5.74) is 1.38. The number of rotatable bonds is 9. The Kier molecular flexibility index (Phi) is 7.83. The van der Waals surface area contributed by atoms with Gasteiger partial charge in [-0.05, 0) is 54.4 Å². The molecule has 0 aliphatic heterocycles. The second-order valence-electron chi connectivity index (χ2n) is 7.61. The fourth-order valence-corrected chi connectivity index (χ4v) is 4.39. The van der Waals surface area contributed by atoms with Crippen LogP contribution in [0.15, 0.2) is 66.7 Å². The summed E-state index contributed by atoms with van der Waals surface area (Å²) in [4.78, 5) is 12.6. The first kappa shape index (κ1) is 25.1. The molecule has 0 spiro atoms. The highest BCUT2D eigenvalue weighted by molar-refractivity contribution is 7.92. The molecule has 0 unspecified atom stereocenters. The lowest BCUT2D eigenvalue weighted by Gasteiger charge is -2.28. The zero-order valence-corrected chi connectivity index (χ0v) is 19.3. The quantitative estimate of drug-likeness (QED) is 0.487. The van der Waals surface area contributed by atoms with E-state index in [1.165, 1.54) is 19.1 Å². The Morgan fingerprint density at radius 3 is 2.15 bits per heavy atom. The third-order valence-corrected chi connectivity index (χ3v) is 6.20. The van der Waals surface area contributed by atoms with Gasteiger partial charge in [0, 0.05) is 12.6 Å². The molecule has 3 aromatic carbocycles. The molecule has 10 heteroatoms. The standard InChI is InChI=1S/C24H23F3N2O4S/c1-16(29(34(2,31)32)20-9-12-22(26)23(27)13-20)24(30)28-14-17-5-10-21(11-6-17)33-15-18-3-7-19(25)8-4-18/h3-13,16H,14-15H2,1-2H3,(H,28,30)/t16-/m1/s1. The minimum atomic E-state index is -3.97. The van der Waals surface area contributed by atoms with Gasteiger partial charge in [0.1, 0.15) is 24.2 Å². The van der Waals surface area contributed by atoms with Gasteiger partial charge in [0.2, 0.25) is 15.9 Å². The van der Waals surface area contributed by atoms with Crippen molar-refractivity contribution >= 4 is 21.6 Å². The Hall–Kier alpha value is -3.53. The first-order chi connectivity index (χ1) is 16.0. The molecule has 0 bridgehead atoms. The van der Waals surface area contributed by atoms with E-state index in [-0.39, 0.29) is 24.7 Å². The summed E-state index contributed by atoms with van der Waals surface area (Å²) in [6.07, 6.45) is 0.878. The van der Waals surface area contributed by atoms with Crippen molar-refractivity contribution in [3.05, 3.63) is 95.3 Å². The van der Waals surface area contributed by atoms with Crippen LogP contribution in [0.25, 0.3) is 0 Å². The molecule has 0 aliphatic rings. The number of amides is 1. The summed E-state index contributed by atoms with van der Waals surface area (Å²) in [5, 5.41) is 2.64. The van der Waals surface area contributed by atoms with Crippen LogP contribution in [0.5, 0.6) is 5.75 Å². The number of anilines is 1. The van der Waals surface area contributed by atoms with Crippen molar-refractivity contribution in [1.29, 1.82) is 0 Å². The summed E-state index contributed by atoms with van der Waals surface area (Å²) in [7, 11) is -3.97. The molecule has 0 radical (unpaired) electrons. The van der Waals surface area contributed by atoms with Gasteiger partial charge in [-0.3, -0.25) is 9.10 Å². The van der Waals surface area contributed by atoms with Gasteiger partial charge in [-0.1, -0.05) is 24.3 Å². The number of carbonyl (C=O) groups excluding carboxylic acids is 1. The molecule has 3 aromatic rings. The third-order valence-electron chi connectivity index (χ3n) is 4.96. The van der Waals surface area contributed by atoms with Crippen LogP contribution in [0.2, 0.25) is 0 Å². The van der Waals surface area contributed by atoms with Crippen LogP contribution >= 0.6 is 0 Å². The van der Waals surface area contributed by atoms with Crippen molar-refractivity contribution in [3.8, 4) is 5.75 Å². The van der Waals surface area contributed by atoms with E-state index in [1.54, 1.807) is 36.4 Å². The Morgan fingerprint density at radius 1 is 0.941 bits per heavy atom. The number of nitrogens with one attached hydrogen (secondary N) is 1. The molecule has 1 amide bonds. The van der Waals surface area contributed by atoms with Crippen molar-refractivity contribution in [2.24, 2.45) is 0 Å². The first-order valence-corrected chi connectivity index (χ1v) is 12.1. The van der Waals surface area contributed by atoms with Gasteiger partial charge in [0.15, 0.2) is 11.6 Å². The van der Waals surface area contributed by atoms with Gasteiger partial charge in [-0.15, -0.1) is 0 Å². The molecule has 3 rings (SSSR count). The van der Waals surface area contributed by atoms with Gasteiger partial charge in [-0.25, -0.2) is 21.6 Å². The van der Waals surface area contributed by atoms with Crippen LogP contribution < -0.4 is 14.4 Å². The van der Waals surface area contributed by atoms with Crippen LogP contribution in [-0.4, -0.2) is 26.6 Å². The number of benzene rings is 3. The predicted octanol–water partition coefficient (Wildman–Crippen LogP) is 4.15. The summed E-state index contributed by atoms with van der Waals surface area (Å²) >= 11 is 0. The summed E-state index contributed by atoms with van der Waals surface area (Å²) in [6.45, 7) is 1.72. The van der Waals surface area contributed by atoms with E-state index in [1.807, 2.05) is 0 Å². The second-order valence-corrected chi connectivity index (χ2v) is 9.47. The Labute approximate surface area is 196 Å². The summed E-state index contributed by atoms with van der Waals surface area (Å²) < 4.78 is 70.8. The summed E-state index contributed by atoms with van der Waals surface area (Å²) in [5.74, 6) is -2.71. The van der Waals surface area contributed by atoms with Gasteiger partial charge in [0.25, 0.3) is 0 Å². The maximum atomic E-state index is 13.6. The van der Waals surface area contributed by atoms with Gasteiger partial charge in [0.05, 0.1) is 11.9 Å². The lowest BCUT2D eigenvalue weighted by Crippen LogP contribution is -2.47. The van der Waals surface area contributed by atoms with Crippen LogP contribution in [-0.2, 0) is 28.0 Å². The average Bonchev–Trinajstić information content (AvgIpc) is 2.79. The number of sulfonamides is 1. The second kappa shape index (κ2) is 10.6. The monoisotopic (exact) mass is 492 g/mol. The molecule has 0 saturated carbocycles. The molecule has 0 fully saturated rings. The lowest BCUT2D eigenvalue weighted by molar-refractivity contribution is -0.122. The highest BCUT2D eigenvalue weighted by Gasteiger charge is 2.29. The number of nitrogens with zero attached hydrogens (tertiary/aromatic N) is 1. The number of hydrogen-bond acceptors (Lipinski definition) is 4. The lowest BCUT2D eigenvalue weighted by atomic mass is 10.2. The van der Waals surface area contributed by atoms with E-state index in [9.17, 15) is 26.4 Å². The fraction of sp³-hybridized carbons (Fsp3) is 0.208. The molecule has 1 atom stereocenters. The van der Waals surface area contributed by atoms with Crippen molar-refractivity contribution in [3.63, 3.8) is 0 Å². The normalized spacial score (nSPS) is 12.1. The van der Waals surface area contributed by atoms with Crippen LogP contribution in [0.4, 0.5) is 18.9 Å². The zero-order chi connectivity index (χ0) is 24.9. The molecule has 0 aliphatic carbocycles. The highest BCUT2D eigenvalue weighted by atomic mass is 32.2. The van der Waals surface area contributed by atoms with E-state index >= 15 is 0 Å². The average molecular weight is 493 g/mol. The molecular formula is C24H23F3N2O4S. The molecule has 34 heavy (non-hydrogen) atoms. The highest BCUT2D eigenvalue weighted by Crippen LogP contribution is 2.23. The van der Waals surface area contributed by atoms with E-state index in [4.69, 9.17) is 4.74 Å². The van der Waals surface area contributed by atoms with E-state index < -0.39 is 33.6 Å². The van der Waals surface area contributed by atoms with Gasteiger partial charge >= 0.3 is 0 Å². The molecular weight excluding hydrogens is 469 g/mol. The number of halogens is 3. The minimum absolute atomic E-state index is 0.108. The zero-order valence-electron chi connectivity index (χ0n) is 18.5. The Morgan fingerprint density at radius 2 is 1.56 bits per heavy atom. The number of ether oxygens (including phenoxy) is 1. The molecule has 6 nitrogen and oxygen atoms in total. The van der Waals surface area contributed by atoms with Crippen molar-refractivity contribution in [1.82, 2.24) is 5.32 Å². The molecule has 0 heterocycles. The largest absolute Gasteiger partial charge is 0.489 e. The molecule has 180 valence electrons. The fourth-order valence-electron chi connectivity index (χ4n) is 3.22. The van der Waals surface area contributed by atoms with E-state index in [2.05, 4.69) is 5.32 Å². The Bertz CT molecular complexity index is 1250. The smallest absolute Gasteiger partial charge is 0.243 e. The predicted molar refractivity (Wildman–Crippen MR) is 122 cm³/mol. The van der Waals surface area contributed by atoms with Gasteiger partial charge < -0.3 is 10.1 Å². The van der Waals surface area contributed by atoms with Crippen molar-refractivity contribution in [2.75, 3.05) is 10.6 Å². The van der Waals surface area contributed by atoms with E-state index in [0.29, 0.717) is 5.75 Å². The molecule has 0 aromatic heterocycles. The van der Waals surface area contributed by atoms with Crippen LogP contribution in [0, 0.1) is 17.5 Å². The topological polar surface area (TPSA) is 75.7 Å². The Balaban J connectivity index is 1.60. The first-order valence-electron chi connectivity index (χ1n) is 10.2. The van der Waals surface area contributed by atoms with E-state index in [0.717, 1.165) is 39.9 Å². The molecule has 1 N–H and O–H groups in total. The SMILES string of the molecule is C[C@H](C(=O)NCc1ccc(OCc2ccc(F)cc2)cc1)N(c1ccc(F)c(F)c1)S(C)(=O)=O. The number of hydrogen-bond donors (Lipinski definition) is 1. The van der Waals surface area contributed by atoms with Crippen molar-refractivity contribution < 1.29 is 31.1 Å². The van der Waals surface area contributed by atoms with Crippen LogP contribution in [0.1, 0.15) is 18.1 Å². The van der Waals surface area contributed by atoms with Crippen molar-refractivity contribution in [2.45, 2.75) is 26.1 Å². The van der Waals surface area contributed by atoms with Crippen LogP contribution in [0.3, 0.4) is 0 Å².